The van der Waals surface area contributed by atoms with Crippen LogP contribution in [0.2, 0.25) is 0 Å². The van der Waals surface area contributed by atoms with Crippen molar-refractivity contribution in [3.63, 3.8) is 0 Å². The van der Waals surface area contributed by atoms with Crippen LogP contribution in [0.4, 0.5) is 5.82 Å². The Morgan fingerprint density at radius 3 is 2.15 bits per heavy atom. The minimum Gasteiger partial charge on any atom is -0.386 e. The molecule has 0 aliphatic heterocycles. The van der Waals surface area contributed by atoms with Crippen molar-refractivity contribution in [3.8, 4) is 0 Å². The second-order valence-electron chi connectivity index (χ2n) is 12.5. The van der Waals surface area contributed by atoms with E-state index in [2.05, 4.69) is 31.1 Å². The average molecular weight is 643 g/mol. The smallest absolute Gasteiger partial charge is 0.227 e. The van der Waals surface area contributed by atoms with Crippen LogP contribution in [0.5, 0.6) is 0 Å². The summed E-state index contributed by atoms with van der Waals surface area (Å²) in [7, 11) is 0. The SMILES string of the molecule is CC(=O)C(c1ccc2ccccc2c1)n1cnc(NC(=O)CCOCc2ccccc2)c1.CC(C)(N)C(=N)N.CCCC(C)CCC. The number of nitrogens with zero attached hydrogens (tertiary/aromatic N) is 2. The van der Waals surface area contributed by atoms with E-state index in [0.717, 1.165) is 27.8 Å². The molecule has 0 aliphatic rings. The summed E-state index contributed by atoms with van der Waals surface area (Å²) in [5.74, 6) is 1.20. The van der Waals surface area contributed by atoms with E-state index >= 15 is 0 Å². The average Bonchev–Trinajstić information content (AvgIpc) is 3.47. The summed E-state index contributed by atoms with van der Waals surface area (Å²) in [5.41, 5.74) is 11.7. The van der Waals surface area contributed by atoms with E-state index in [4.69, 9.17) is 21.6 Å². The van der Waals surface area contributed by atoms with Crippen LogP contribution in [0.15, 0.2) is 85.3 Å². The van der Waals surface area contributed by atoms with E-state index in [1.807, 2.05) is 72.8 Å². The lowest BCUT2D eigenvalue weighted by atomic mass is 9.99. The van der Waals surface area contributed by atoms with Crippen LogP contribution in [0.1, 0.15) is 90.8 Å². The predicted octanol–water partition coefficient (Wildman–Crippen LogP) is 7.64. The first-order chi connectivity index (χ1) is 22.3. The Hall–Kier alpha value is -4.34. The number of ether oxygens (including phenoxy) is 1. The molecular weight excluding hydrogens is 588 g/mol. The third kappa shape index (κ3) is 14.3. The van der Waals surface area contributed by atoms with Gasteiger partial charge in [0.25, 0.3) is 0 Å². The fourth-order valence-corrected chi connectivity index (χ4v) is 4.80. The number of hydrogen-bond acceptors (Lipinski definition) is 6. The predicted molar refractivity (Wildman–Crippen MR) is 194 cm³/mol. The van der Waals surface area contributed by atoms with Crippen LogP contribution in [0, 0.1) is 11.3 Å². The second-order valence-corrected chi connectivity index (χ2v) is 12.5. The fourth-order valence-electron chi connectivity index (χ4n) is 4.80. The van der Waals surface area contributed by atoms with Crippen LogP contribution < -0.4 is 16.8 Å². The van der Waals surface area contributed by atoms with Gasteiger partial charge in [-0.3, -0.25) is 15.0 Å². The number of fused-ring (bicyclic) bond motifs is 1. The van der Waals surface area contributed by atoms with Crippen LogP contribution >= 0.6 is 0 Å². The largest absolute Gasteiger partial charge is 0.386 e. The van der Waals surface area contributed by atoms with E-state index in [1.54, 1.807) is 37.9 Å². The van der Waals surface area contributed by atoms with Gasteiger partial charge in [0.05, 0.1) is 31.5 Å². The topological polar surface area (TPSA) is 149 Å². The molecule has 1 unspecified atom stereocenters. The number of anilines is 1. The maximum atomic E-state index is 12.5. The zero-order chi connectivity index (χ0) is 34.8. The Morgan fingerprint density at radius 2 is 1.57 bits per heavy atom. The number of imidazole rings is 1. The number of carbonyl (C=O) groups is 2. The standard InChI is InChI=1S/C26H25N3O3.C8H18.C4H11N3/c1-19(30)26(23-12-11-21-9-5-6-10-22(21)15-23)29-16-24(27-18-29)28-25(31)13-14-32-17-20-7-3-2-4-8-20;1-4-6-8(3)7-5-2;1-4(2,7)3(5)6/h2-12,15-16,18,26H,13-14,17H2,1H3,(H,28,31);8H,4-7H2,1-3H3;7H2,1-2H3,(H3,5,6). The van der Waals surface area contributed by atoms with Crippen molar-refractivity contribution in [3.05, 3.63) is 96.4 Å². The van der Waals surface area contributed by atoms with Gasteiger partial charge in [-0.2, -0.15) is 0 Å². The van der Waals surface area contributed by atoms with Crippen molar-refractivity contribution in [2.24, 2.45) is 17.4 Å². The third-order valence-corrected chi connectivity index (χ3v) is 7.48. The van der Waals surface area contributed by atoms with Gasteiger partial charge in [0.2, 0.25) is 5.91 Å². The summed E-state index contributed by atoms with van der Waals surface area (Å²) >= 11 is 0. The highest BCUT2D eigenvalue weighted by Gasteiger charge is 2.20. The molecule has 0 aliphatic carbocycles. The van der Waals surface area contributed by atoms with Gasteiger partial charge in [0.1, 0.15) is 11.9 Å². The number of amides is 1. The van der Waals surface area contributed by atoms with Crippen LogP contribution in [-0.4, -0.2) is 39.2 Å². The van der Waals surface area contributed by atoms with E-state index in [9.17, 15) is 9.59 Å². The van der Waals surface area contributed by atoms with Crippen LogP contribution in [-0.2, 0) is 20.9 Å². The van der Waals surface area contributed by atoms with Gasteiger partial charge in [0, 0.05) is 6.20 Å². The van der Waals surface area contributed by atoms with Gasteiger partial charge in [-0.1, -0.05) is 113 Å². The highest BCUT2D eigenvalue weighted by Crippen LogP contribution is 2.25. The summed E-state index contributed by atoms with van der Waals surface area (Å²) in [4.78, 5) is 29.0. The molecule has 4 rings (SSSR count). The first-order valence-electron chi connectivity index (χ1n) is 16.4. The van der Waals surface area contributed by atoms with Gasteiger partial charge in [-0.25, -0.2) is 4.98 Å². The Labute approximate surface area is 280 Å². The fraction of sp³-hybridized carbons (Fsp3) is 0.421. The van der Waals surface area contributed by atoms with E-state index in [0.29, 0.717) is 19.0 Å². The number of carbonyl (C=O) groups excluding carboxylic acids is 2. The number of aromatic nitrogens is 2. The quantitative estimate of drug-likeness (QED) is 0.0631. The number of amidine groups is 1. The molecule has 1 heterocycles. The van der Waals surface area contributed by atoms with Crippen molar-refractivity contribution in [2.75, 3.05) is 11.9 Å². The molecule has 254 valence electrons. The number of nitrogens with two attached hydrogens (primary N) is 2. The van der Waals surface area contributed by atoms with Crippen molar-refractivity contribution in [1.29, 1.82) is 5.41 Å². The Morgan fingerprint density at radius 1 is 0.979 bits per heavy atom. The molecule has 1 atom stereocenters. The van der Waals surface area contributed by atoms with Crippen LogP contribution in [0.25, 0.3) is 10.8 Å². The molecule has 0 radical (unpaired) electrons. The van der Waals surface area contributed by atoms with Crippen molar-refractivity contribution < 1.29 is 14.3 Å². The molecule has 4 aromatic rings. The zero-order valence-electron chi connectivity index (χ0n) is 29.0. The summed E-state index contributed by atoms with van der Waals surface area (Å²) in [6.07, 6.45) is 9.00. The summed E-state index contributed by atoms with van der Waals surface area (Å²) < 4.78 is 7.29. The minimum absolute atomic E-state index is 0.00938. The number of ketones is 1. The number of hydrogen-bond donors (Lipinski definition) is 4. The van der Waals surface area contributed by atoms with E-state index < -0.39 is 11.6 Å². The van der Waals surface area contributed by atoms with Gasteiger partial charge in [-0.15, -0.1) is 0 Å². The van der Waals surface area contributed by atoms with E-state index in [-0.39, 0.29) is 23.9 Å². The molecule has 1 aromatic heterocycles. The summed E-state index contributed by atoms with van der Waals surface area (Å²) in [6, 6.07) is 23.3. The molecule has 6 N–H and O–H groups in total. The molecule has 0 fully saturated rings. The van der Waals surface area contributed by atoms with Crippen LogP contribution in [0.3, 0.4) is 0 Å². The molecule has 0 spiro atoms. The lowest BCUT2D eigenvalue weighted by molar-refractivity contribution is -0.119. The van der Waals surface area contributed by atoms with E-state index in [1.165, 1.54) is 25.7 Å². The lowest BCUT2D eigenvalue weighted by Gasteiger charge is -2.16. The number of nitrogens with one attached hydrogen (secondary N) is 2. The zero-order valence-corrected chi connectivity index (χ0v) is 29.0. The highest BCUT2D eigenvalue weighted by molar-refractivity contribution is 5.90. The normalized spacial score (nSPS) is 11.6. The van der Waals surface area contributed by atoms with Gasteiger partial charge in [0.15, 0.2) is 11.6 Å². The first-order valence-corrected chi connectivity index (χ1v) is 16.4. The number of benzene rings is 3. The number of rotatable bonds is 14. The minimum atomic E-state index is -0.639. The summed E-state index contributed by atoms with van der Waals surface area (Å²) in [5, 5.41) is 11.8. The molecule has 0 bridgehead atoms. The van der Waals surface area contributed by atoms with Crippen molar-refractivity contribution in [1.82, 2.24) is 9.55 Å². The van der Waals surface area contributed by atoms with Gasteiger partial charge >= 0.3 is 0 Å². The summed E-state index contributed by atoms with van der Waals surface area (Å²) in [6.45, 7) is 12.6. The molecule has 9 nitrogen and oxygen atoms in total. The Kier molecular flexibility index (Phi) is 16.5. The molecular formula is C38H54N6O3. The van der Waals surface area contributed by atoms with Gasteiger partial charge in [-0.05, 0) is 54.7 Å². The highest BCUT2D eigenvalue weighted by atomic mass is 16.5. The molecule has 3 aromatic carbocycles. The first kappa shape index (κ1) is 38.8. The van der Waals surface area contributed by atoms with Crippen molar-refractivity contribution in [2.45, 2.75) is 91.8 Å². The third-order valence-electron chi connectivity index (χ3n) is 7.48. The Bertz CT molecular complexity index is 1520. The molecule has 0 saturated heterocycles. The Balaban J connectivity index is 0.000000426. The monoisotopic (exact) mass is 642 g/mol. The molecule has 1 amide bonds. The molecule has 47 heavy (non-hydrogen) atoms. The maximum absolute atomic E-state index is 12.5. The lowest BCUT2D eigenvalue weighted by Crippen LogP contribution is -2.45. The van der Waals surface area contributed by atoms with Gasteiger partial charge < -0.3 is 26.1 Å². The molecule has 9 heteroatoms. The molecule has 0 saturated carbocycles. The second kappa shape index (κ2) is 20.0. The number of Topliss-reactive ketones (excluding diaryl/α,β-unsaturated/α-hetero) is 1. The van der Waals surface area contributed by atoms with Crippen molar-refractivity contribution >= 4 is 34.1 Å². The maximum Gasteiger partial charge on any atom is 0.227 e.